The second kappa shape index (κ2) is 3.91. The van der Waals surface area contributed by atoms with Gasteiger partial charge in [-0.15, -0.1) is 0 Å². The molecule has 1 aromatic carbocycles. The molecule has 0 aliphatic carbocycles. The third-order valence-corrected chi connectivity index (χ3v) is 1.60. The van der Waals surface area contributed by atoms with Gasteiger partial charge in [0.15, 0.2) is 0 Å². The van der Waals surface area contributed by atoms with E-state index in [0.717, 1.165) is 5.56 Å². The van der Waals surface area contributed by atoms with Gasteiger partial charge in [-0.1, -0.05) is 30.3 Å². The van der Waals surface area contributed by atoms with Crippen LogP contribution in [0.25, 0.3) is 0 Å². The van der Waals surface area contributed by atoms with E-state index in [-0.39, 0.29) is 6.04 Å². The number of aliphatic imine (C=N–C) groups is 1. The minimum Gasteiger partial charge on any atom is -0.290 e. The van der Waals surface area contributed by atoms with Crippen LogP contribution in [0.2, 0.25) is 0 Å². The SMILES string of the molecule is [2H]C(C)=N[C@@H](C)c1ccccc1. The Morgan fingerprint density at radius 2 is 2.09 bits per heavy atom. The van der Waals surface area contributed by atoms with Gasteiger partial charge in [0.1, 0.15) is 0 Å². The van der Waals surface area contributed by atoms with Crippen LogP contribution in [0, 0.1) is 0 Å². The maximum Gasteiger partial charge on any atom is 0.0784 e. The van der Waals surface area contributed by atoms with E-state index in [2.05, 4.69) is 4.99 Å². The summed E-state index contributed by atoms with van der Waals surface area (Å²) in [5, 5.41) is 0. The summed E-state index contributed by atoms with van der Waals surface area (Å²) in [5.74, 6) is 0. The topological polar surface area (TPSA) is 12.4 Å². The van der Waals surface area contributed by atoms with Crippen LogP contribution in [0.15, 0.2) is 35.3 Å². The summed E-state index contributed by atoms with van der Waals surface area (Å²) in [7, 11) is 0. The van der Waals surface area contributed by atoms with E-state index >= 15 is 0 Å². The van der Waals surface area contributed by atoms with E-state index in [0.29, 0.717) is 6.19 Å². The zero-order valence-electron chi connectivity index (χ0n) is 7.91. The normalized spacial score (nSPS) is 15.8. The van der Waals surface area contributed by atoms with Crippen molar-refractivity contribution in [3.63, 3.8) is 0 Å². The van der Waals surface area contributed by atoms with Gasteiger partial charge < -0.3 is 0 Å². The molecule has 0 amide bonds. The first kappa shape index (κ1) is 6.59. The monoisotopic (exact) mass is 148 g/mol. The van der Waals surface area contributed by atoms with Crippen LogP contribution in [0.3, 0.4) is 0 Å². The zero-order valence-corrected chi connectivity index (χ0v) is 6.91. The lowest BCUT2D eigenvalue weighted by Crippen LogP contribution is -1.87. The van der Waals surface area contributed by atoms with E-state index in [4.69, 9.17) is 1.37 Å². The van der Waals surface area contributed by atoms with Crippen molar-refractivity contribution in [1.29, 1.82) is 0 Å². The highest BCUT2D eigenvalue weighted by Crippen LogP contribution is 2.14. The summed E-state index contributed by atoms with van der Waals surface area (Å²) < 4.78 is 7.21. The lowest BCUT2D eigenvalue weighted by molar-refractivity contribution is 0.824. The van der Waals surface area contributed by atoms with E-state index in [1.54, 1.807) is 6.92 Å². The number of hydrogen-bond acceptors (Lipinski definition) is 1. The molecule has 0 unspecified atom stereocenters. The van der Waals surface area contributed by atoms with Crippen LogP contribution in [0.5, 0.6) is 0 Å². The number of nitrogens with zero attached hydrogens (tertiary/aromatic N) is 1. The maximum absolute atomic E-state index is 7.21. The maximum atomic E-state index is 7.21. The Labute approximate surface area is 69.2 Å². The molecule has 1 aromatic rings. The average molecular weight is 148 g/mol. The van der Waals surface area contributed by atoms with Crippen molar-refractivity contribution < 1.29 is 1.37 Å². The quantitative estimate of drug-likeness (QED) is 0.572. The Bertz CT molecular complexity index is 262. The summed E-state index contributed by atoms with van der Waals surface area (Å²) in [6, 6.07) is 10.1. The van der Waals surface area contributed by atoms with Crippen molar-refractivity contribution in [2.75, 3.05) is 0 Å². The molecule has 1 atom stereocenters. The molecule has 0 bridgehead atoms. The summed E-state index contributed by atoms with van der Waals surface area (Å²) in [4.78, 5) is 4.13. The highest BCUT2D eigenvalue weighted by molar-refractivity contribution is 5.53. The molecule has 0 saturated carbocycles. The van der Waals surface area contributed by atoms with Gasteiger partial charge in [-0.25, -0.2) is 0 Å². The largest absolute Gasteiger partial charge is 0.290 e. The van der Waals surface area contributed by atoms with Crippen LogP contribution in [0.1, 0.15) is 26.8 Å². The standard InChI is InChI=1S/C10H13N/c1-3-11-9(2)10-7-5-4-6-8-10/h3-9H,1-2H3/t9-/m0/s1/i3D. The zero-order chi connectivity index (χ0) is 8.97. The molecule has 0 spiro atoms. The summed E-state index contributed by atoms with van der Waals surface area (Å²) in [5.41, 5.74) is 1.16. The third-order valence-electron chi connectivity index (χ3n) is 1.60. The molecule has 0 fully saturated rings. The number of hydrogen-bond donors (Lipinski definition) is 0. The van der Waals surface area contributed by atoms with Crippen molar-refractivity contribution in [2.24, 2.45) is 4.99 Å². The third kappa shape index (κ3) is 2.19. The highest BCUT2D eigenvalue weighted by Gasteiger charge is 1.98. The summed E-state index contributed by atoms with van der Waals surface area (Å²) in [6.07, 6.45) is 0.381. The molecule has 11 heavy (non-hydrogen) atoms. The van der Waals surface area contributed by atoms with Gasteiger partial charge in [0.05, 0.1) is 7.41 Å². The fourth-order valence-corrected chi connectivity index (χ4v) is 1.000. The molecule has 0 N–H and O–H groups in total. The molecule has 0 aliphatic heterocycles. The molecule has 1 nitrogen and oxygen atoms in total. The lowest BCUT2D eigenvalue weighted by Gasteiger charge is -2.04. The predicted octanol–water partition coefficient (Wildman–Crippen LogP) is 2.84. The van der Waals surface area contributed by atoms with Crippen molar-refractivity contribution in [3.05, 3.63) is 35.9 Å². The van der Waals surface area contributed by atoms with E-state index < -0.39 is 0 Å². The van der Waals surface area contributed by atoms with Crippen LogP contribution in [-0.4, -0.2) is 6.19 Å². The summed E-state index contributed by atoms with van der Waals surface area (Å²) in [6.45, 7) is 3.69. The first-order valence-electron chi connectivity index (χ1n) is 4.26. The first-order valence-corrected chi connectivity index (χ1v) is 3.76. The fourth-order valence-electron chi connectivity index (χ4n) is 1.000. The van der Waals surface area contributed by atoms with E-state index in [9.17, 15) is 0 Å². The fraction of sp³-hybridized carbons (Fsp3) is 0.300. The van der Waals surface area contributed by atoms with Crippen molar-refractivity contribution >= 4 is 6.19 Å². The number of rotatable bonds is 2. The van der Waals surface area contributed by atoms with Gasteiger partial charge in [-0.3, -0.25) is 4.99 Å². The van der Waals surface area contributed by atoms with Crippen LogP contribution in [-0.2, 0) is 0 Å². The van der Waals surface area contributed by atoms with Crippen LogP contribution < -0.4 is 0 Å². The van der Waals surface area contributed by atoms with Gasteiger partial charge in [0.2, 0.25) is 0 Å². The molecule has 1 heteroatoms. The van der Waals surface area contributed by atoms with Crippen molar-refractivity contribution in [1.82, 2.24) is 0 Å². The molecule has 0 radical (unpaired) electrons. The van der Waals surface area contributed by atoms with Gasteiger partial charge >= 0.3 is 0 Å². The van der Waals surface area contributed by atoms with Crippen molar-refractivity contribution in [2.45, 2.75) is 19.9 Å². The summed E-state index contributed by atoms with van der Waals surface area (Å²) >= 11 is 0. The molecule has 0 aromatic heterocycles. The van der Waals surface area contributed by atoms with Crippen LogP contribution >= 0.6 is 0 Å². The lowest BCUT2D eigenvalue weighted by atomic mass is 10.1. The van der Waals surface area contributed by atoms with Gasteiger partial charge in [-0.2, -0.15) is 0 Å². The minimum atomic E-state index is 0.101. The molecule has 0 aliphatic rings. The molecule has 58 valence electrons. The highest BCUT2D eigenvalue weighted by atomic mass is 14.7. The smallest absolute Gasteiger partial charge is 0.0784 e. The molecular weight excluding hydrogens is 134 g/mol. The Balaban J connectivity index is 2.79. The molecule has 1 rings (SSSR count). The van der Waals surface area contributed by atoms with E-state index in [1.807, 2.05) is 37.3 Å². The predicted molar refractivity (Wildman–Crippen MR) is 49.0 cm³/mol. The molecule has 0 saturated heterocycles. The van der Waals surface area contributed by atoms with E-state index in [1.165, 1.54) is 0 Å². The molecule has 0 heterocycles. The second-order valence-corrected chi connectivity index (χ2v) is 2.44. The minimum absolute atomic E-state index is 0.101. The first-order chi connectivity index (χ1) is 5.70. The second-order valence-electron chi connectivity index (χ2n) is 2.44. The molecular formula is C10H13N. The van der Waals surface area contributed by atoms with Gasteiger partial charge in [-0.05, 0) is 25.6 Å². The Hall–Kier alpha value is -1.11. The van der Waals surface area contributed by atoms with Gasteiger partial charge in [0, 0.05) is 0 Å². The average Bonchev–Trinajstić information content (AvgIpc) is 2.05. The Morgan fingerprint density at radius 3 is 2.64 bits per heavy atom. The van der Waals surface area contributed by atoms with Crippen molar-refractivity contribution in [3.8, 4) is 0 Å². The Morgan fingerprint density at radius 1 is 1.45 bits per heavy atom. The van der Waals surface area contributed by atoms with Crippen LogP contribution in [0.4, 0.5) is 0 Å². The Kier molecular flexibility index (Phi) is 2.35. The van der Waals surface area contributed by atoms with Gasteiger partial charge in [0.25, 0.3) is 0 Å². The number of benzene rings is 1.